The van der Waals surface area contributed by atoms with Gasteiger partial charge in [0.1, 0.15) is 13.2 Å². The molecule has 0 spiro atoms. The van der Waals surface area contributed by atoms with Crippen molar-refractivity contribution in [3.63, 3.8) is 0 Å². The fourth-order valence-corrected chi connectivity index (χ4v) is 4.20. The van der Waals surface area contributed by atoms with E-state index in [4.69, 9.17) is 18.9 Å². The quantitative estimate of drug-likeness (QED) is 0.816. The van der Waals surface area contributed by atoms with E-state index < -0.39 is 0 Å². The molecule has 1 saturated heterocycles. The van der Waals surface area contributed by atoms with Crippen molar-refractivity contribution >= 4 is 11.6 Å². The van der Waals surface area contributed by atoms with E-state index in [9.17, 15) is 4.79 Å². The van der Waals surface area contributed by atoms with Gasteiger partial charge >= 0.3 is 0 Å². The molecule has 0 radical (unpaired) electrons. The number of carbonyl (C=O) groups is 1. The molecule has 5 rings (SSSR count). The molecular weight excluding hydrogens is 384 g/mol. The summed E-state index contributed by atoms with van der Waals surface area (Å²) < 4.78 is 22.0. The molecule has 1 fully saturated rings. The van der Waals surface area contributed by atoms with E-state index in [2.05, 4.69) is 5.32 Å². The molecule has 0 aliphatic carbocycles. The molecule has 7 nitrogen and oxygen atoms in total. The Morgan fingerprint density at radius 1 is 0.967 bits per heavy atom. The van der Waals surface area contributed by atoms with Gasteiger partial charge in [0, 0.05) is 37.3 Å². The molecule has 1 N–H and O–H groups in total. The van der Waals surface area contributed by atoms with E-state index in [-0.39, 0.29) is 18.7 Å². The molecular formula is C23H26N2O5. The maximum Gasteiger partial charge on any atom is 0.231 e. The van der Waals surface area contributed by atoms with Crippen molar-refractivity contribution in [2.45, 2.75) is 31.7 Å². The van der Waals surface area contributed by atoms with E-state index in [0.717, 1.165) is 53.6 Å². The fourth-order valence-electron chi connectivity index (χ4n) is 4.20. The van der Waals surface area contributed by atoms with E-state index >= 15 is 0 Å². The Bertz CT molecular complexity index is 932. The minimum Gasteiger partial charge on any atom is -0.486 e. The SMILES string of the molecule is O=C(CCc1ccc2c(c1)OCO2)N1CCC[C@H](Nc2ccc3c(c2)OCCO3)C1. The van der Waals surface area contributed by atoms with Crippen LogP contribution < -0.4 is 24.3 Å². The number of amides is 1. The Labute approximate surface area is 175 Å². The first-order chi connectivity index (χ1) is 14.7. The summed E-state index contributed by atoms with van der Waals surface area (Å²) >= 11 is 0. The third kappa shape index (κ3) is 4.10. The summed E-state index contributed by atoms with van der Waals surface area (Å²) in [4.78, 5) is 14.8. The summed E-state index contributed by atoms with van der Waals surface area (Å²) in [6.45, 7) is 2.97. The molecule has 158 valence electrons. The zero-order valence-corrected chi connectivity index (χ0v) is 16.9. The highest BCUT2D eigenvalue weighted by Gasteiger charge is 2.24. The average molecular weight is 410 g/mol. The lowest BCUT2D eigenvalue weighted by molar-refractivity contribution is -0.132. The molecule has 30 heavy (non-hydrogen) atoms. The first kappa shape index (κ1) is 18.9. The Morgan fingerprint density at radius 3 is 2.67 bits per heavy atom. The first-order valence-corrected chi connectivity index (χ1v) is 10.6. The smallest absolute Gasteiger partial charge is 0.231 e. The standard InChI is InChI=1S/C23H26N2O5/c26-23(8-4-16-3-6-20-21(12-16)30-15-29-20)25-9-1-2-18(14-25)24-17-5-7-19-22(13-17)28-11-10-27-19/h3,5-7,12-13,18,24H,1-2,4,8-11,14-15H2/t18-/m0/s1. The van der Waals surface area contributed by atoms with Crippen molar-refractivity contribution in [2.75, 3.05) is 38.4 Å². The summed E-state index contributed by atoms with van der Waals surface area (Å²) in [6, 6.07) is 12.0. The molecule has 3 aliphatic heterocycles. The van der Waals surface area contributed by atoms with Crippen LogP contribution in [0.2, 0.25) is 0 Å². The van der Waals surface area contributed by atoms with Crippen LogP contribution in [0.15, 0.2) is 36.4 Å². The maximum atomic E-state index is 12.8. The molecule has 7 heteroatoms. The summed E-state index contributed by atoms with van der Waals surface area (Å²) in [5.74, 6) is 3.30. The molecule has 0 unspecified atom stereocenters. The van der Waals surface area contributed by atoms with Gasteiger partial charge in [0.15, 0.2) is 23.0 Å². The van der Waals surface area contributed by atoms with Gasteiger partial charge < -0.3 is 29.2 Å². The maximum absolute atomic E-state index is 12.8. The summed E-state index contributed by atoms with van der Waals surface area (Å²) in [5, 5.41) is 3.56. The van der Waals surface area contributed by atoms with Crippen LogP contribution in [0.25, 0.3) is 0 Å². The second-order valence-corrected chi connectivity index (χ2v) is 7.87. The van der Waals surface area contributed by atoms with Crippen molar-refractivity contribution in [1.82, 2.24) is 4.90 Å². The number of rotatable bonds is 5. The molecule has 1 atom stereocenters. The van der Waals surface area contributed by atoms with Crippen molar-refractivity contribution in [1.29, 1.82) is 0 Å². The number of nitrogens with zero attached hydrogens (tertiary/aromatic N) is 1. The molecule has 0 saturated carbocycles. The third-order valence-corrected chi connectivity index (χ3v) is 5.75. The summed E-state index contributed by atoms with van der Waals surface area (Å²) in [5.41, 5.74) is 2.09. The number of fused-ring (bicyclic) bond motifs is 2. The van der Waals surface area contributed by atoms with Crippen LogP contribution in [0.1, 0.15) is 24.8 Å². The van der Waals surface area contributed by atoms with Gasteiger partial charge in [-0.3, -0.25) is 4.79 Å². The van der Waals surface area contributed by atoms with Gasteiger partial charge in [-0.25, -0.2) is 0 Å². The highest BCUT2D eigenvalue weighted by Crippen LogP contribution is 2.34. The van der Waals surface area contributed by atoms with Crippen LogP contribution in [-0.4, -0.2) is 49.9 Å². The zero-order chi connectivity index (χ0) is 20.3. The van der Waals surface area contributed by atoms with Crippen LogP contribution >= 0.6 is 0 Å². The van der Waals surface area contributed by atoms with E-state index in [0.29, 0.717) is 32.6 Å². The number of aryl methyl sites for hydroxylation is 1. The van der Waals surface area contributed by atoms with Gasteiger partial charge in [-0.05, 0) is 49.1 Å². The fraction of sp³-hybridized carbons (Fsp3) is 0.435. The van der Waals surface area contributed by atoms with Gasteiger partial charge in [-0.2, -0.15) is 0 Å². The van der Waals surface area contributed by atoms with E-state index in [1.165, 1.54) is 0 Å². The van der Waals surface area contributed by atoms with Crippen molar-refractivity contribution in [3.05, 3.63) is 42.0 Å². The van der Waals surface area contributed by atoms with Gasteiger partial charge in [-0.1, -0.05) is 6.07 Å². The monoisotopic (exact) mass is 410 g/mol. The molecule has 3 heterocycles. The minimum absolute atomic E-state index is 0.196. The summed E-state index contributed by atoms with van der Waals surface area (Å²) in [6.07, 6.45) is 3.24. The number of hydrogen-bond donors (Lipinski definition) is 1. The topological polar surface area (TPSA) is 69.3 Å². The lowest BCUT2D eigenvalue weighted by atomic mass is 10.0. The number of carbonyl (C=O) groups excluding carboxylic acids is 1. The number of ether oxygens (including phenoxy) is 4. The minimum atomic E-state index is 0.196. The predicted molar refractivity (Wildman–Crippen MR) is 112 cm³/mol. The number of anilines is 1. The zero-order valence-electron chi connectivity index (χ0n) is 16.9. The summed E-state index contributed by atoms with van der Waals surface area (Å²) in [7, 11) is 0. The van der Waals surface area contributed by atoms with Crippen LogP contribution in [0.4, 0.5) is 5.69 Å². The molecule has 0 aromatic heterocycles. The second-order valence-electron chi connectivity index (χ2n) is 7.87. The van der Waals surface area contributed by atoms with E-state index in [1.54, 1.807) is 0 Å². The number of nitrogens with one attached hydrogen (secondary N) is 1. The van der Waals surface area contributed by atoms with Gasteiger partial charge in [0.05, 0.1) is 0 Å². The molecule has 0 bridgehead atoms. The number of hydrogen-bond acceptors (Lipinski definition) is 6. The highest BCUT2D eigenvalue weighted by atomic mass is 16.7. The van der Waals surface area contributed by atoms with Crippen LogP contribution in [0.3, 0.4) is 0 Å². The molecule has 1 amide bonds. The van der Waals surface area contributed by atoms with Crippen LogP contribution in [0.5, 0.6) is 23.0 Å². The lowest BCUT2D eigenvalue weighted by Gasteiger charge is -2.34. The predicted octanol–water partition coefficient (Wildman–Crippen LogP) is 3.22. The number of benzene rings is 2. The Kier molecular flexibility index (Phi) is 5.26. The molecule has 2 aromatic rings. The average Bonchev–Trinajstić information content (AvgIpc) is 3.25. The number of piperidine rings is 1. The van der Waals surface area contributed by atoms with Crippen LogP contribution in [0, 0.1) is 0 Å². The Morgan fingerprint density at radius 2 is 1.73 bits per heavy atom. The third-order valence-electron chi connectivity index (χ3n) is 5.75. The van der Waals surface area contributed by atoms with Crippen molar-refractivity contribution in [3.8, 4) is 23.0 Å². The van der Waals surface area contributed by atoms with Gasteiger partial charge in [0.2, 0.25) is 12.7 Å². The highest BCUT2D eigenvalue weighted by molar-refractivity contribution is 5.76. The first-order valence-electron chi connectivity index (χ1n) is 10.6. The van der Waals surface area contributed by atoms with Crippen LogP contribution in [-0.2, 0) is 11.2 Å². The van der Waals surface area contributed by atoms with E-state index in [1.807, 2.05) is 41.3 Å². The molecule has 2 aromatic carbocycles. The Balaban J connectivity index is 1.15. The van der Waals surface area contributed by atoms with Gasteiger partial charge in [0.25, 0.3) is 0 Å². The largest absolute Gasteiger partial charge is 0.486 e. The molecule has 3 aliphatic rings. The van der Waals surface area contributed by atoms with Crippen molar-refractivity contribution in [2.24, 2.45) is 0 Å². The van der Waals surface area contributed by atoms with Gasteiger partial charge in [-0.15, -0.1) is 0 Å². The normalized spacial score (nSPS) is 19.5. The second kappa shape index (κ2) is 8.34. The number of likely N-dealkylation sites (tertiary alicyclic amines) is 1. The van der Waals surface area contributed by atoms with Crippen molar-refractivity contribution < 1.29 is 23.7 Å². The Hall–Kier alpha value is -3.09. The lowest BCUT2D eigenvalue weighted by Crippen LogP contribution is -2.45.